The number of hydrogen-bond donors (Lipinski definition) is 1. The Morgan fingerprint density at radius 2 is 2.00 bits per heavy atom. The second kappa shape index (κ2) is 5.42. The molecule has 0 saturated carbocycles. The zero-order chi connectivity index (χ0) is 11.4. The lowest BCUT2D eigenvalue weighted by Gasteiger charge is -2.11. The predicted octanol–water partition coefficient (Wildman–Crippen LogP) is 3.84. The summed E-state index contributed by atoms with van der Waals surface area (Å²) in [5, 5.41) is 9.33. The zero-order valence-electron chi connectivity index (χ0n) is 8.43. The first kappa shape index (κ1) is 12.4. The molecule has 0 spiro atoms. The first-order valence-electron chi connectivity index (χ1n) is 4.88. The molecule has 0 fully saturated rings. The van der Waals surface area contributed by atoms with E-state index >= 15 is 0 Å². The summed E-state index contributed by atoms with van der Waals surface area (Å²) in [4.78, 5) is 0. The lowest BCUT2D eigenvalue weighted by atomic mass is 10.0. The van der Waals surface area contributed by atoms with Gasteiger partial charge in [0.2, 0.25) is 0 Å². The summed E-state index contributed by atoms with van der Waals surface area (Å²) in [7, 11) is 0. The largest absolute Gasteiger partial charge is 0.388 e. The van der Waals surface area contributed by atoms with Gasteiger partial charge in [-0.15, -0.1) is 0 Å². The average Bonchev–Trinajstić information content (AvgIpc) is 2.20. The van der Waals surface area contributed by atoms with E-state index in [9.17, 15) is 13.9 Å². The Balaban J connectivity index is 2.88. The maximum atomic E-state index is 13.3. The van der Waals surface area contributed by atoms with Gasteiger partial charge in [0.25, 0.3) is 0 Å². The highest BCUT2D eigenvalue weighted by Crippen LogP contribution is 2.26. The Morgan fingerprint density at radius 1 is 1.33 bits per heavy atom. The van der Waals surface area contributed by atoms with Gasteiger partial charge in [0, 0.05) is 5.56 Å². The quantitative estimate of drug-likeness (QED) is 0.785. The normalized spacial score (nSPS) is 12.9. The first-order valence-corrected chi connectivity index (χ1v) is 5.26. The van der Waals surface area contributed by atoms with Crippen molar-refractivity contribution in [2.75, 3.05) is 0 Å². The maximum Gasteiger partial charge on any atom is 0.142 e. The minimum atomic E-state index is -0.961. The summed E-state index contributed by atoms with van der Waals surface area (Å²) < 4.78 is 26.3. The van der Waals surface area contributed by atoms with Crippen molar-refractivity contribution in [3.05, 3.63) is 34.4 Å². The van der Waals surface area contributed by atoms with Crippen LogP contribution in [0.2, 0.25) is 5.02 Å². The van der Waals surface area contributed by atoms with Gasteiger partial charge in [-0.25, -0.2) is 8.78 Å². The molecule has 1 rings (SSSR count). The molecule has 4 heteroatoms. The highest BCUT2D eigenvalue weighted by Gasteiger charge is 2.15. The third kappa shape index (κ3) is 3.14. The van der Waals surface area contributed by atoms with Crippen LogP contribution in [0.1, 0.15) is 37.9 Å². The Bertz CT molecular complexity index is 342. The van der Waals surface area contributed by atoms with Crippen LogP contribution in [0.25, 0.3) is 0 Å². The van der Waals surface area contributed by atoms with Crippen LogP contribution in [-0.2, 0) is 0 Å². The van der Waals surface area contributed by atoms with Crippen molar-refractivity contribution in [3.63, 3.8) is 0 Å². The van der Waals surface area contributed by atoms with E-state index in [2.05, 4.69) is 0 Å². The summed E-state index contributed by atoms with van der Waals surface area (Å²) in [5.41, 5.74) is -0.0228. The second-order valence-corrected chi connectivity index (χ2v) is 3.85. The van der Waals surface area contributed by atoms with Gasteiger partial charge < -0.3 is 5.11 Å². The van der Waals surface area contributed by atoms with Crippen molar-refractivity contribution in [2.45, 2.75) is 32.3 Å². The van der Waals surface area contributed by atoms with E-state index in [4.69, 9.17) is 11.6 Å². The van der Waals surface area contributed by atoms with Crippen molar-refractivity contribution >= 4 is 11.6 Å². The van der Waals surface area contributed by atoms with Gasteiger partial charge in [-0.3, -0.25) is 0 Å². The van der Waals surface area contributed by atoms with Crippen molar-refractivity contribution in [1.82, 2.24) is 0 Å². The van der Waals surface area contributed by atoms with Crippen LogP contribution in [0.5, 0.6) is 0 Å². The number of aliphatic hydroxyl groups is 1. The fourth-order valence-electron chi connectivity index (χ4n) is 1.35. The van der Waals surface area contributed by atoms with E-state index in [0.717, 1.165) is 25.0 Å². The summed E-state index contributed by atoms with van der Waals surface area (Å²) in [6.07, 6.45) is 1.13. The summed E-state index contributed by atoms with van der Waals surface area (Å²) in [6.45, 7) is 1.96. The number of hydrogen-bond acceptors (Lipinski definition) is 1. The van der Waals surface area contributed by atoms with Crippen LogP contribution in [0.4, 0.5) is 8.78 Å². The molecule has 1 unspecified atom stereocenters. The predicted molar refractivity (Wildman–Crippen MR) is 55.9 cm³/mol. The molecule has 0 heterocycles. The summed E-state index contributed by atoms with van der Waals surface area (Å²) in [5.74, 6) is -1.37. The first-order chi connectivity index (χ1) is 7.06. The maximum absolute atomic E-state index is 13.3. The molecule has 0 aromatic heterocycles. The third-order valence-corrected chi connectivity index (χ3v) is 2.52. The van der Waals surface area contributed by atoms with Crippen molar-refractivity contribution in [1.29, 1.82) is 0 Å². The molecule has 1 nitrogen and oxygen atoms in total. The van der Waals surface area contributed by atoms with Crippen LogP contribution in [0.3, 0.4) is 0 Å². The van der Waals surface area contributed by atoms with Crippen LogP contribution in [-0.4, -0.2) is 5.11 Å². The molecule has 0 bridgehead atoms. The van der Waals surface area contributed by atoms with Gasteiger partial charge >= 0.3 is 0 Å². The Morgan fingerprint density at radius 3 is 2.60 bits per heavy atom. The molecular weight excluding hydrogens is 222 g/mol. The van der Waals surface area contributed by atoms with Crippen LogP contribution >= 0.6 is 11.6 Å². The van der Waals surface area contributed by atoms with Crippen LogP contribution in [0.15, 0.2) is 12.1 Å². The van der Waals surface area contributed by atoms with E-state index in [1.807, 2.05) is 6.92 Å². The monoisotopic (exact) mass is 234 g/mol. The molecule has 15 heavy (non-hydrogen) atoms. The van der Waals surface area contributed by atoms with Gasteiger partial charge in [0.05, 0.1) is 11.1 Å². The third-order valence-electron chi connectivity index (χ3n) is 2.23. The highest BCUT2D eigenvalue weighted by molar-refractivity contribution is 6.30. The van der Waals surface area contributed by atoms with Gasteiger partial charge in [-0.2, -0.15) is 0 Å². The molecule has 84 valence electrons. The lowest BCUT2D eigenvalue weighted by molar-refractivity contribution is 0.159. The van der Waals surface area contributed by atoms with Crippen LogP contribution in [0, 0.1) is 11.6 Å². The molecule has 0 saturated heterocycles. The minimum absolute atomic E-state index is 0.0228. The number of benzene rings is 1. The number of unbranched alkanes of at least 4 members (excludes halogenated alkanes) is 1. The highest BCUT2D eigenvalue weighted by atomic mass is 35.5. The molecule has 0 aliphatic carbocycles. The Labute approximate surface area is 92.7 Å². The fraction of sp³-hybridized carbons (Fsp3) is 0.455. The van der Waals surface area contributed by atoms with Crippen molar-refractivity contribution in [3.8, 4) is 0 Å². The van der Waals surface area contributed by atoms with Crippen molar-refractivity contribution in [2.24, 2.45) is 0 Å². The fourth-order valence-corrected chi connectivity index (χ4v) is 1.50. The van der Waals surface area contributed by atoms with E-state index < -0.39 is 17.7 Å². The molecule has 0 aliphatic rings. The molecule has 1 aromatic rings. The Kier molecular flexibility index (Phi) is 4.48. The molecular formula is C11H13ClF2O. The van der Waals surface area contributed by atoms with Gasteiger partial charge in [0.15, 0.2) is 0 Å². The second-order valence-electron chi connectivity index (χ2n) is 3.45. The molecule has 0 aliphatic heterocycles. The van der Waals surface area contributed by atoms with E-state index in [1.165, 1.54) is 0 Å². The minimum Gasteiger partial charge on any atom is -0.388 e. The SMILES string of the molecule is CCCCC(O)c1cc(F)c(Cl)cc1F. The standard InChI is InChI=1S/C11H13ClF2O/c1-2-3-4-11(15)7-5-10(14)8(12)6-9(7)13/h5-6,11,15H,2-4H2,1H3. The molecule has 1 aromatic carbocycles. The van der Waals surface area contributed by atoms with Gasteiger partial charge in [0.1, 0.15) is 11.6 Å². The van der Waals surface area contributed by atoms with E-state index in [-0.39, 0.29) is 10.6 Å². The number of aliphatic hydroxyl groups excluding tert-OH is 1. The van der Waals surface area contributed by atoms with E-state index in [0.29, 0.717) is 6.42 Å². The summed E-state index contributed by atoms with van der Waals surface area (Å²) in [6, 6.07) is 1.85. The molecule has 1 atom stereocenters. The van der Waals surface area contributed by atoms with Gasteiger partial charge in [-0.1, -0.05) is 31.4 Å². The number of halogens is 3. The number of rotatable bonds is 4. The smallest absolute Gasteiger partial charge is 0.142 e. The topological polar surface area (TPSA) is 20.2 Å². The lowest BCUT2D eigenvalue weighted by Crippen LogP contribution is -2.01. The zero-order valence-corrected chi connectivity index (χ0v) is 9.19. The van der Waals surface area contributed by atoms with E-state index in [1.54, 1.807) is 0 Å². The van der Waals surface area contributed by atoms with Crippen LogP contribution < -0.4 is 0 Å². The Hall–Kier alpha value is -0.670. The molecule has 0 amide bonds. The average molecular weight is 235 g/mol. The van der Waals surface area contributed by atoms with Gasteiger partial charge in [-0.05, 0) is 18.6 Å². The molecule has 1 N–H and O–H groups in total. The van der Waals surface area contributed by atoms with Crippen molar-refractivity contribution < 1.29 is 13.9 Å². The summed E-state index contributed by atoms with van der Waals surface area (Å²) >= 11 is 5.40. The molecule has 0 radical (unpaired) electrons.